The van der Waals surface area contributed by atoms with E-state index >= 15 is 0 Å². The third-order valence-electron chi connectivity index (χ3n) is 4.40. The molecule has 3 aromatic rings. The third-order valence-corrected chi connectivity index (χ3v) is 4.63. The van der Waals surface area contributed by atoms with Gasteiger partial charge in [0.2, 0.25) is 0 Å². The molecule has 0 fully saturated rings. The highest BCUT2D eigenvalue weighted by Gasteiger charge is 2.36. The standard InChI is InChI=1S/C22H16ClNO2/c1-26-24-21(19-14-17(23)12-13-18(19)22(24)25)20(15-8-4-2-5-9-15)16-10-6-3-7-11-16/h2-14H,1H3. The van der Waals surface area contributed by atoms with Gasteiger partial charge in [-0.3, -0.25) is 9.63 Å². The molecule has 3 nitrogen and oxygen atoms in total. The van der Waals surface area contributed by atoms with Gasteiger partial charge in [0.05, 0.1) is 18.4 Å². The summed E-state index contributed by atoms with van der Waals surface area (Å²) in [5, 5.41) is 1.92. The van der Waals surface area contributed by atoms with Crippen LogP contribution in [0.4, 0.5) is 0 Å². The van der Waals surface area contributed by atoms with Gasteiger partial charge in [-0.1, -0.05) is 72.3 Å². The summed E-state index contributed by atoms with van der Waals surface area (Å²) in [5.74, 6) is -0.196. The van der Waals surface area contributed by atoms with Crippen LogP contribution < -0.4 is 0 Å². The van der Waals surface area contributed by atoms with E-state index in [0.29, 0.717) is 16.3 Å². The molecule has 0 aliphatic carbocycles. The Kier molecular flexibility index (Phi) is 4.33. The lowest BCUT2D eigenvalue weighted by atomic mass is 9.93. The fourth-order valence-corrected chi connectivity index (χ4v) is 3.45. The van der Waals surface area contributed by atoms with Crippen LogP contribution in [-0.4, -0.2) is 18.1 Å². The number of carbonyl (C=O) groups is 1. The number of hydrogen-bond acceptors (Lipinski definition) is 2. The number of amides is 1. The van der Waals surface area contributed by atoms with E-state index in [1.807, 2.05) is 66.7 Å². The van der Waals surface area contributed by atoms with Gasteiger partial charge in [-0.25, -0.2) is 0 Å². The predicted molar refractivity (Wildman–Crippen MR) is 103 cm³/mol. The Balaban J connectivity index is 2.09. The number of nitrogens with zero attached hydrogens (tertiary/aromatic N) is 1. The van der Waals surface area contributed by atoms with Gasteiger partial charge in [0, 0.05) is 16.2 Å². The summed E-state index contributed by atoms with van der Waals surface area (Å²) in [4.78, 5) is 18.3. The van der Waals surface area contributed by atoms with Crippen LogP contribution in [0.15, 0.2) is 78.9 Å². The van der Waals surface area contributed by atoms with Crippen molar-refractivity contribution in [1.29, 1.82) is 0 Å². The molecule has 0 bridgehead atoms. The first-order valence-corrected chi connectivity index (χ1v) is 8.62. The monoisotopic (exact) mass is 361 g/mol. The second-order valence-electron chi connectivity index (χ2n) is 5.93. The molecule has 128 valence electrons. The first kappa shape index (κ1) is 16.6. The Labute approximate surface area is 157 Å². The van der Waals surface area contributed by atoms with E-state index in [9.17, 15) is 4.79 Å². The second-order valence-corrected chi connectivity index (χ2v) is 6.36. The highest BCUT2D eigenvalue weighted by atomic mass is 35.5. The van der Waals surface area contributed by atoms with Crippen LogP contribution in [0.5, 0.6) is 0 Å². The van der Waals surface area contributed by atoms with E-state index in [4.69, 9.17) is 16.4 Å². The lowest BCUT2D eigenvalue weighted by molar-refractivity contribution is -0.0453. The molecule has 26 heavy (non-hydrogen) atoms. The molecule has 0 atom stereocenters. The van der Waals surface area contributed by atoms with Crippen LogP contribution in [0.3, 0.4) is 0 Å². The maximum Gasteiger partial charge on any atom is 0.282 e. The minimum absolute atomic E-state index is 0.196. The fourth-order valence-electron chi connectivity index (χ4n) is 3.28. The average Bonchev–Trinajstić information content (AvgIpc) is 2.95. The number of fused-ring (bicyclic) bond motifs is 1. The summed E-state index contributed by atoms with van der Waals surface area (Å²) in [6.07, 6.45) is 0. The van der Waals surface area contributed by atoms with Crippen molar-refractivity contribution >= 4 is 28.8 Å². The smallest absolute Gasteiger partial charge is 0.269 e. The molecule has 3 aromatic carbocycles. The maximum absolute atomic E-state index is 12.8. The highest BCUT2D eigenvalue weighted by molar-refractivity contribution is 6.31. The molecule has 0 aromatic heterocycles. The zero-order valence-electron chi connectivity index (χ0n) is 14.1. The van der Waals surface area contributed by atoms with Gasteiger partial charge < -0.3 is 0 Å². The molecule has 4 rings (SSSR count). The van der Waals surface area contributed by atoms with Gasteiger partial charge in [-0.05, 0) is 29.3 Å². The molecule has 0 spiro atoms. The molecule has 0 unspecified atom stereocenters. The minimum atomic E-state index is -0.196. The number of rotatable bonds is 3. The van der Waals surface area contributed by atoms with Gasteiger partial charge in [0.1, 0.15) is 0 Å². The Hall–Kier alpha value is -2.88. The number of halogens is 1. The normalized spacial score (nSPS) is 13.1. The van der Waals surface area contributed by atoms with Crippen molar-refractivity contribution < 1.29 is 9.63 Å². The molecular formula is C22H16ClNO2. The first-order chi connectivity index (χ1) is 12.7. The summed E-state index contributed by atoms with van der Waals surface area (Å²) in [7, 11) is 1.50. The fraction of sp³-hybridized carbons (Fsp3) is 0.0455. The van der Waals surface area contributed by atoms with Crippen molar-refractivity contribution in [3.63, 3.8) is 0 Å². The number of hydroxylamine groups is 2. The van der Waals surface area contributed by atoms with Gasteiger partial charge in [-0.2, -0.15) is 5.06 Å². The molecule has 1 aliphatic rings. The van der Waals surface area contributed by atoms with E-state index < -0.39 is 0 Å². The van der Waals surface area contributed by atoms with Gasteiger partial charge in [0.25, 0.3) is 5.91 Å². The topological polar surface area (TPSA) is 29.5 Å². The molecule has 0 radical (unpaired) electrons. The summed E-state index contributed by atoms with van der Waals surface area (Å²) < 4.78 is 0. The number of hydrogen-bond donors (Lipinski definition) is 0. The zero-order valence-corrected chi connectivity index (χ0v) is 14.9. The van der Waals surface area contributed by atoms with Crippen molar-refractivity contribution in [2.45, 2.75) is 0 Å². The van der Waals surface area contributed by atoms with Gasteiger partial charge in [-0.15, -0.1) is 0 Å². The Morgan fingerprint density at radius 1 is 0.846 bits per heavy atom. The molecule has 4 heteroatoms. The number of carbonyl (C=O) groups excluding carboxylic acids is 1. The number of benzene rings is 3. The van der Waals surface area contributed by atoms with Crippen LogP contribution in [0.25, 0.3) is 11.3 Å². The lowest BCUT2D eigenvalue weighted by Gasteiger charge is -2.20. The van der Waals surface area contributed by atoms with E-state index in [-0.39, 0.29) is 5.91 Å². The maximum atomic E-state index is 12.8. The van der Waals surface area contributed by atoms with Crippen molar-refractivity contribution in [3.8, 4) is 0 Å². The first-order valence-electron chi connectivity index (χ1n) is 8.24. The Bertz CT molecular complexity index is 956. The van der Waals surface area contributed by atoms with E-state index in [0.717, 1.165) is 22.3 Å². The molecule has 0 N–H and O–H groups in total. The summed E-state index contributed by atoms with van der Waals surface area (Å²) >= 11 is 6.23. The van der Waals surface area contributed by atoms with Crippen LogP contribution >= 0.6 is 11.6 Å². The highest BCUT2D eigenvalue weighted by Crippen LogP contribution is 2.41. The summed E-state index contributed by atoms with van der Waals surface area (Å²) in [6, 6.07) is 25.2. The molecule has 0 saturated carbocycles. The molecular weight excluding hydrogens is 346 g/mol. The van der Waals surface area contributed by atoms with E-state index in [2.05, 4.69) is 0 Å². The second kappa shape index (κ2) is 6.79. The molecule has 1 heterocycles. The zero-order chi connectivity index (χ0) is 18.1. The average molecular weight is 362 g/mol. The predicted octanol–water partition coefficient (Wildman–Crippen LogP) is 5.27. The van der Waals surface area contributed by atoms with Gasteiger partial charge in [0.15, 0.2) is 0 Å². The largest absolute Gasteiger partial charge is 0.282 e. The summed E-state index contributed by atoms with van der Waals surface area (Å²) in [6.45, 7) is 0. The third kappa shape index (κ3) is 2.71. The quantitative estimate of drug-likeness (QED) is 0.635. The summed E-state index contributed by atoms with van der Waals surface area (Å²) in [5.41, 5.74) is 4.96. The van der Waals surface area contributed by atoms with Crippen LogP contribution in [0, 0.1) is 0 Å². The SMILES string of the molecule is CON1C(=O)c2ccc(Cl)cc2C1=C(c1ccccc1)c1ccccc1. The minimum Gasteiger partial charge on any atom is -0.269 e. The van der Waals surface area contributed by atoms with Crippen molar-refractivity contribution in [3.05, 3.63) is 106 Å². The van der Waals surface area contributed by atoms with Gasteiger partial charge >= 0.3 is 0 Å². The van der Waals surface area contributed by atoms with E-state index in [1.165, 1.54) is 12.2 Å². The Morgan fingerprint density at radius 3 is 1.96 bits per heavy atom. The van der Waals surface area contributed by atoms with Crippen LogP contribution in [0.1, 0.15) is 27.0 Å². The molecule has 1 aliphatic heterocycles. The molecule has 1 amide bonds. The Morgan fingerprint density at radius 2 is 1.42 bits per heavy atom. The van der Waals surface area contributed by atoms with Crippen LogP contribution in [0.2, 0.25) is 5.02 Å². The lowest BCUT2D eigenvalue weighted by Crippen LogP contribution is -2.22. The van der Waals surface area contributed by atoms with Crippen LogP contribution in [-0.2, 0) is 4.84 Å². The van der Waals surface area contributed by atoms with Crippen molar-refractivity contribution in [2.24, 2.45) is 0 Å². The van der Waals surface area contributed by atoms with Crippen molar-refractivity contribution in [1.82, 2.24) is 5.06 Å². The molecule has 0 saturated heterocycles. The van der Waals surface area contributed by atoms with Crippen molar-refractivity contribution in [2.75, 3.05) is 7.11 Å². The van der Waals surface area contributed by atoms with E-state index in [1.54, 1.807) is 12.1 Å².